The van der Waals surface area contributed by atoms with Crippen LogP contribution in [-0.4, -0.2) is 99.8 Å². The first-order valence-electron chi connectivity index (χ1n) is 22.6. The number of hydrogen-bond donors (Lipinski definition) is 7. The molecule has 348 valence electrons. The van der Waals surface area contributed by atoms with Gasteiger partial charge < -0.3 is 50.3 Å². The number of aliphatic hydroxyl groups excluding tert-OH is 3. The normalized spacial score (nSPS) is 25.5. The van der Waals surface area contributed by atoms with Gasteiger partial charge in [-0.15, -0.1) is 0 Å². The Labute approximate surface area is 380 Å². The van der Waals surface area contributed by atoms with E-state index in [0.717, 1.165) is 73.9 Å². The van der Waals surface area contributed by atoms with E-state index in [2.05, 4.69) is 15.6 Å². The number of pyridine rings is 1. The van der Waals surface area contributed by atoms with Crippen molar-refractivity contribution in [2.45, 2.75) is 147 Å². The highest BCUT2D eigenvalue weighted by Crippen LogP contribution is 2.38. The lowest BCUT2D eigenvalue weighted by atomic mass is 9.85. The number of aromatic nitrogens is 1. The van der Waals surface area contributed by atoms with E-state index < -0.39 is 36.4 Å². The van der Waals surface area contributed by atoms with Crippen LogP contribution in [0, 0.1) is 17.8 Å². The fraction of sp³-hybridized carbons (Fsp3) is 0.604. The third-order valence-corrected chi connectivity index (χ3v) is 13.3. The fourth-order valence-corrected chi connectivity index (χ4v) is 8.89. The van der Waals surface area contributed by atoms with Crippen LogP contribution in [-0.2, 0) is 30.3 Å². The van der Waals surface area contributed by atoms with E-state index in [1.807, 2.05) is 49.4 Å². The van der Waals surface area contributed by atoms with E-state index in [0.29, 0.717) is 60.1 Å². The minimum atomic E-state index is -1.06. The number of ether oxygens (including phenoxy) is 3. The number of nitrogens with one attached hydrogen (secondary N) is 3. The van der Waals surface area contributed by atoms with Gasteiger partial charge >= 0.3 is 11.9 Å². The average molecular weight is 917 g/mol. The lowest BCUT2D eigenvalue weighted by Gasteiger charge is -2.38. The second-order valence-corrected chi connectivity index (χ2v) is 18.4. The number of benzene rings is 2. The molecule has 2 saturated heterocycles. The summed E-state index contributed by atoms with van der Waals surface area (Å²) in [5.74, 6) is -0.133. The molecule has 3 heterocycles. The highest BCUT2D eigenvalue weighted by atomic mass is 35.5. The zero-order valence-corrected chi connectivity index (χ0v) is 38.3. The van der Waals surface area contributed by atoms with Crippen molar-refractivity contribution in [2.75, 3.05) is 25.1 Å². The van der Waals surface area contributed by atoms with Crippen molar-refractivity contribution in [2.24, 2.45) is 17.8 Å². The summed E-state index contributed by atoms with van der Waals surface area (Å²) in [4.78, 5) is 38.1. The van der Waals surface area contributed by atoms with Gasteiger partial charge in [-0.05, 0) is 88.1 Å². The molecule has 0 spiro atoms. The molecule has 6 rings (SSSR count). The third kappa shape index (κ3) is 16.1. The lowest BCUT2D eigenvalue weighted by molar-refractivity contribution is -0.165. The van der Waals surface area contributed by atoms with Crippen LogP contribution in [0.5, 0.6) is 0 Å². The smallest absolute Gasteiger partial charge is 0.330 e. The summed E-state index contributed by atoms with van der Waals surface area (Å²) in [5, 5.41) is 48.4. The predicted molar refractivity (Wildman–Crippen MR) is 246 cm³/mol. The Bertz CT molecular complexity index is 2010. The molecular weight excluding hydrogens is 849 g/mol. The Morgan fingerprint density at radius 1 is 0.952 bits per heavy atom. The Balaban J connectivity index is 0.000000242. The monoisotopic (exact) mass is 915 g/mol. The number of aromatic amines is 1. The topological polar surface area (TPSA) is 203 Å². The number of aliphatic carboxylic acids is 1. The molecule has 0 radical (unpaired) electrons. The summed E-state index contributed by atoms with van der Waals surface area (Å²) in [6.07, 6.45) is 8.15. The van der Waals surface area contributed by atoms with Gasteiger partial charge in [0, 0.05) is 54.9 Å². The second-order valence-electron chi connectivity index (χ2n) is 17.6. The maximum absolute atomic E-state index is 12.3. The molecule has 15 heteroatoms. The first-order chi connectivity index (χ1) is 30.2. The number of fused-ring (bicyclic) bond motifs is 1. The number of H-pyrrole nitrogens is 1. The second kappa shape index (κ2) is 25.2. The maximum atomic E-state index is 12.3. The van der Waals surface area contributed by atoms with Crippen LogP contribution in [0.4, 0.5) is 5.82 Å². The summed E-state index contributed by atoms with van der Waals surface area (Å²) in [5.41, 5.74) is 2.74. The van der Waals surface area contributed by atoms with Crippen molar-refractivity contribution >= 4 is 51.9 Å². The minimum Gasteiger partial charge on any atom is -0.481 e. The van der Waals surface area contributed by atoms with Gasteiger partial charge in [0.2, 0.25) is 0 Å². The summed E-state index contributed by atoms with van der Waals surface area (Å²) < 4.78 is 16.7. The predicted octanol–water partition coefficient (Wildman–Crippen LogP) is 7.80. The molecule has 1 saturated carbocycles. The summed E-state index contributed by atoms with van der Waals surface area (Å²) in [6.45, 7) is 7.66. The lowest BCUT2D eigenvalue weighted by Crippen LogP contribution is -2.50. The van der Waals surface area contributed by atoms with E-state index in [9.17, 15) is 29.7 Å². The molecule has 10 atom stereocenters. The number of carbonyl (C=O) groups excluding carboxylic acids is 1. The molecule has 63 heavy (non-hydrogen) atoms. The summed E-state index contributed by atoms with van der Waals surface area (Å²) in [7, 11) is 0. The van der Waals surface area contributed by atoms with Crippen LogP contribution >= 0.6 is 23.2 Å². The zero-order valence-electron chi connectivity index (χ0n) is 36.8. The highest BCUT2D eigenvalue weighted by Gasteiger charge is 2.48. The number of para-hydroxylation sites is 1. The molecule has 0 bridgehead atoms. The number of rotatable bonds is 22. The number of anilines is 1. The van der Waals surface area contributed by atoms with E-state index in [4.69, 9.17) is 42.5 Å². The van der Waals surface area contributed by atoms with Gasteiger partial charge in [-0.2, -0.15) is 0 Å². The van der Waals surface area contributed by atoms with Gasteiger partial charge in [-0.1, -0.05) is 86.0 Å². The Morgan fingerprint density at radius 3 is 2.44 bits per heavy atom. The molecule has 0 amide bonds. The van der Waals surface area contributed by atoms with Gasteiger partial charge in [0.15, 0.2) is 5.43 Å². The maximum Gasteiger partial charge on any atom is 0.330 e. The van der Waals surface area contributed by atoms with Crippen molar-refractivity contribution in [3.8, 4) is 0 Å². The van der Waals surface area contributed by atoms with Gasteiger partial charge in [0.25, 0.3) is 0 Å². The molecule has 0 unspecified atom stereocenters. The molecule has 13 nitrogen and oxygen atoms in total. The molecule has 1 aromatic heterocycles. The van der Waals surface area contributed by atoms with Crippen molar-refractivity contribution in [3.05, 3.63) is 86.0 Å². The first-order valence-corrected chi connectivity index (χ1v) is 23.4. The van der Waals surface area contributed by atoms with Crippen LogP contribution in [0.1, 0.15) is 103 Å². The van der Waals surface area contributed by atoms with Gasteiger partial charge in [0.1, 0.15) is 11.9 Å². The van der Waals surface area contributed by atoms with E-state index >= 15 is 0 Å². The summed E-state index contributed by atoms with van der Waals surface area (Å²) in [6, 6.07) is 15.4. The Hall–Kier alpha value is -3.53. The van der Waals surface area contributed by atoms with Crippen LogP contribution in [0.3, 0.4) is 0 Å². The van der Waals surface area contributed by atoms with Crippen LogP contribution in [0.15, 0.2) is 65.0 Å². The Kier molecular flexibility index (Phi) is 20.2. The molecule has 7 N–H and O–H groups in total. The average Bonchev–Trinajstić information content (AvgIpc) is 3.87. The number of aliphatic hydroxyl groups is 3. The van der Waals surface area contributed by atoms with Crippen molar-refractivity contribution in [1.82, 2.24) is 10.3 Å². The van der Waals surface area contributed by atoms with E-state index in [1.54, 1.807) is 19.9 Å². The van der Waals surface area contributed by atoms with Gasteiger partial charge in [0.05, 0.1) is 59.3 Å². The highest BCUT2D eigenvalue weighted by molar-refractivity contribution is 6.42. The number of hydrogen-bond acceptors (Lipinski definition) is 11. The van der Waals surface area contributed by atoms with Crippen LogP contribution in [0.2, 0.25) is 10.0 Å². The molecule has 3 aliphatic rings. The molecular formula is C48H67Cl2N3O10. The molecule has 2 aliphatic heterocycles. The SMILES string of the molecule is C/C(=C\C(=O)OCCCCCCCCC(=O)O)C[C@@H]1OC[C@H](C[C@H]2O[C@H]2[C@@H](C)[C@H](C)O)[C@@H](O)[C@H]1O.O=c1cc(NC[C@H]2CCC[C@@H]2NCc2ccc(Cl)c(Cl)c2)[nH]c2ccccc12. The van der Waals surface area contributed by atoms with Crippen molar-refractivity contribution in [1.29, 1.82) is 0 Å². The number of esters is 1. The third-order valence-electron chi connectivity index (χ3n) is 12.6. The van der Waals surface area contributed by atoms with E-state index in [-0.39, 0.29) is 35.9 Å². The fourth-order valence-electron chi connectivity index (χ4n) is 8.57. The van der Waals surface area contributed by atoms with Gasteiger partial charge in [-0.25, -0.2) is 4.79 Å². The number of unbranched alkanes of at least 4 members (excludes halogenated alkanes) is 5. The summed E-state index contributed by atoms with van der Waals surface area (Å²) >= 11 is 12.1. The number of carboxylic acid groups (broad SMARTS) is 1. The standard InChI is InChI=1S/C26H44O9.C22H23Cl2N3O/c1-16(13-23(30)33-11-9-7-5-4-6-8-10-22(28)29)12-20-25(32)24(31)19(15-34-20)14-21-26(35-21)17(2)18(3)27;23-17-9-8-14(10-18(17)24)12-25-19-7-3-4-15(19)13-26-22-11-21(28)16-5-1-2-6-20(16)27-22/h13,17-21,24-27,31-32H,4-12,14-15H2,1-3H3,(H,28,29);1-2,5-6,8-11,15,19,25H,3-4,7,12-13H2,(H2,26,27,28)/b16-13+;/t17-,18-,19-,20-,21+,24+,25-,26-;15-,19+/m01/s1. The van der Waals surface area contributed by atoms with Crippen molar-refractivity contribution < 1.29 is 44.2 Å². The molecule has 2 aromatic carbocycles. The number of halogens is 2. The molecule has 3 fully saturated rings. The largest absolute Gasteiger partial charge is 0.481 e. The molecule has 1 aliphatic carbocycles. The van der Waals surface area contributed by atoms with Gasteiger partial charge in [-0.3, -0.25) is 9.59 Å². The van der Waals surface area contributed by atoms with E-state index in [1.165, 1.54) is 18.9 Å². The minimum absolute atomic E-state index is 0.0160. The van der Waals surface area contributed by atoms with Crippen molar-refractivity contribution in [3.63, 3.8) is 0 Å². The zero-order chi connectivity index (χ0) is 45.5. The number of epoxide rings is 1. The quantitative estimate of drug-likeness (QED) is 0.0224. The number of carbonyl (C=O) groups is 2. The number of carboxylic acids is 1. The van der Waals surface area contributed by atoms with Crippen LogP contribution < -0.4 is 16.1 Å². The first kappa shape index (κ1) is 50.5. The Morgan fingerprint density at radius 2 is 1.70 bits per heavy atom. The molecule has 3 aromatic rings. The van der Waals surface area contributed by atoms with Crippen LogP contribution in [0.25, 0.3) is 10.9 Å².